The Labute approximate surface area is 181 Å². The predicted octanol–water partition coefficient (Wildman–Crippen LogP) is 6.11. The highest BCUT2D eigenvalue weighted by atomic mass is 16.6. The molecule has 5 rings (SSSR count). The number of para-hydroxylation sites is 1. The van der Waals surface area contributed by atoms with Crippen LogP contribution >= 0.6 is 0 Å². The summed E-state index contributed by atoms with van der Waals surface area (Å²) in [5.41, 5.74) is 6.19. The summed E-state index contributed by atoms with van der Waals surface area (Å²) in [6, 6.07) is 24.5. The lowest BCUT2D eigenvalue weighted by Crippen LogP contribution is -2.03. The third kappa shape index (κ3) is 3.52. The summed E-state index contributed by atoms with van der Waals surface area (Å²) in [5, 5.41) is 5.59. The van der Waals surface area contributed by atoms with Gasteiger partial charge in [0.2, 0.25) is 0 Å². The van der Waals surface area contributed by atoms with E-state index in [-0.39, 0.29) is 6.10 Å². The standard InChI is InChI=1S/C26H24N2O3/c1-3-30-22-11-7-10-20-24(18-8-5-4-6-9-18)26(27-25(20)22)21-16-23(31-28-21)17-12-14-19(29-2)15-13-17/h4-15,23,27H,3,16H2,1-2H3. The maximum absolute atomic E-state index is 5.88. The van der Waals surface area contributed by atoms with E-state index in [1.54, 1.807) is 7.11 Å². The first-order valence-electron chi connectivity index (χ1n) is 10.5. The first kappa shape index (κ1) is 19.2. The van der Waals surface area contributed by atoms with Gasteiger partial charge in [-0.3, -0.25) is 0 Å². The van der Waals surface area contributed by atoms with E-state index in [0.29, 0.717) is 13.0 Å². The molecule has 0 radical (unpaired) electrons. The molecule has 1 aliphatic heterocycles. The van der Waals surface area contributed by atoms with Crippen molar-refractivity contribution in [2.24, 2.45) is 5.16 Å². The molecule has 5 heteroatoms. The van der Waals surface area contributed by atoms with Crippen LogP contribution in [0.1, 0.15) is 30.7 Å². The highest BCUT2D eigenvalue weighted by molar-refractivity contribution is 6.13. The third-order valence-electron chi connectivity index (χ3n) is 5.60. The van der Waals surface area contributed by atoms with E-state index in [1.807, 2.05) is 49.4 Å². The fraction of sp³-hybridized carbons (Fsp3) is 0.192. The largest absolute Gasteiger partial charge is 0.497 e. The van der Waals surface area contributed by atoms with Crippen LogP contribution in [-0.2, 0) is 4.84 Å². The topological polar surface area (TPSA) is 55.8 Å². The fourth-order valence-corrected chi connectivity index (χ4v) is 4.11. The number of nitrogens with zero attached hydrogens (tertiary/aromatic N) is 1. The zero-order valence-electron chi connectivity index (χ0n) is 17.6. The molecule has 0 aliphatic carbocycles. The molecular formula is C26H24N2O3. The molecule has 0 fully saturated rings. The Balaban J connectivity index is 1.57. The quantitative estimate of drug-likeness (QED) is 0.416. The molecule has 0 spiro atoms. The van der Waals surface area contributed by atoms with Crippen LogP contribution in [0.5, 0.6) is 11.5 Å². The lowest BCUT2D eigenvalue weighted by Gasteiger charge is -2.09. The van der Waals surface area contributed by atoms with Crippen molar-refractivity contribution < 1.29 is 14.3 Å². The molecule has 4 aromatic rings. The maximum atomic E-state index is 5.88. The van der Waals surface area contributed by atoms with Gasteiger partial charge in [-0.25, -0.2) is 0 Å². The van der Waals surface area contributed by atoms with Crippen molar-refractivity contribution in [1.82, 2.24) is 4.98 Å². The number of methoxy groups -OCH3 is 1. The maximum Gasteiger partial charge on any atom is 0.158 e. The smallest absolute Gasteiger partial charge is 0.158 e. The monoisotopic (exact) mass is 412 g/mol. The lowest BCUT2D eigenvalue weighted by molar-refractivity contribution is 0.0857. The molecule has 5 nitrogen and oxygen atoms in total. The van der Waals surface area contributed by atoms with E-state index >= 15 is 0 Å². The SMILES string of the molecule is CCOc1cccc2c(-c3ccccc3)c(C3=NOC(c4ccc(OC)cc4)C3)[nH]c12. The number of fused-ring (bicyclic) bond motifs is 1. The lowest BCUT2D eigenvalue weighted by atomic mass is 9.97. The van der Waals surface area contributed by atoms with E-state index in [4.69, 9.17) is 14.3 Å². The van der Waals surface area contributed by atoms with Crippen LogP contribution < -0.4 is 9.47 Å². The average Bonchev–Trinajstić information content (AvgIpc) is 3.45. The van der Waals surface area contributed by atoms with Crippen molar-refractivity contribution in [3.63, 3.8) is 0 Å². The normalized spacial score (nSPS) is 15.5. The molecule has 0 bridgehead atoms. The number of benzene rings is 3. The molecule has 2 heterocycles. The first-order valence-corrected chi connectivity index (χ1v) is 10.5. The number of rotatable bonds is 6. The highest BCUT2D eigenvalue weighted by Gasteiger charge is 2.28. The van der Waals surface area contributed by atoms with Gasteiger partial charge >= 0.3 is 0 Å². The van der Waals surface area contributed by atoms with Crippen molar-refractivity contribution in [3.05, 3.63) is 84.1 Å². The number of oxime groups is 1. The minimum absolute atomic E-state index is 0.123. The summed E-state index contributed by atoms with van der Waals surface area (Å²) in [6.45, 7) is 2.60. The Morgan fingerprint density at radius 1 is 1.00 bits per heavy atom. The number of aromatic nitrogens is 1. The minimum Gasteiger partial charge on any atom is -0.497 e. The molecular weight excluding hydrogens is 388 g/mol. The fourth-order valence-electron chi connectivity index (χ4n) is 4.11. The summed E-state index contributed by atoms with van der Waals surface area (Å²) in [7, 11) is 1.67. The predicted molar refractivity (Wildman–Crippen MR) is 123 cm³/mol. The number of hydrogen-bond donors (Lipinski definition) is 1. The Bertz CT molecular complexity index is 1230. The molecule has 0 amide bonds. The van der Waals surface area contributed by atoms with Crippen LogP contribution in [0.2, 0.25) is 0 Å². The zero-order valence-corrected chi connectivity index (χ0v) is 17.6. The highest BCUT2D eigenvalue weighted by Crippen LogP contribution is 2.40. The van der Waals surface area contributed by atoms with Crippen molar-refractivity contribution in [1.29, 1.82) is 0 Å². The molecule has 1 atom stereocenters. The number of hydrogen-bond acceptors (Lipinski definition) is 4. The molecule has 0 saturated heterocycles. The second-order valence-corrected chi connectivity index (χ2v) is 7.46. The van der Waals surface area contributed by atoms with Crippen molar-refractivity contribution in [2.45, 2.75) is 19.4 Å². The van der Waals surface area contributed by atoms with Crippen LogP contribution in [-0.4, -0.2) is 24.4 Å². The van der Waals surface area contributed by atoms with Gasteiger partial charge in [-0.1, -0.05) is 59.8 Å². The number of aromatic amines is 1. The number of ether oxygens (including phenoxy) is 2. The molecule has 1 N–H and O–H groups in total. The van der Waals surface area contributed by atoms with E-state index in [0.717, 1.165) is 50.5 Å². The van der Waals surface area contributed by atoms with Crippen LogP contribution in [0, 0.1) is 0 Å². The van der Waals surface area contributed by atoms with Crippen molar-refractivity contribution in [3.8, 4) is 22.6 Å². The molecule has 1 unspecified atom stereocenters. The Morgan fingerprint density at radius 3 is 2.55 bits per heavy atom. The van der Waals surface area contributed by atoms with Crippen LogP contribution in [0.15, 0.2) is 78.0 Å². The van der Waals surface area contributed by atoms with Crippen LogP contribution in [0.3, 0.4) is 0 Å². The average molecular weight is 412 g/mol. The second kappa shape index (κ2) is 8.19. The molecule has 156 valence electrons. The van der Waals surface area contributed by atoms with Gasteiger partial charge in [-0.2, -0.15) is 0 Å². The molecule has 1 aromatic heterocycles. The summed E-state index contributed by atoms with van der Waals surface area (Å²) in [6.07, 6.45) is 0.561. The zero-order chi connectivity index (χ0) is 21.2. The van der Waals surface area contributed by atoms with E-state index < -0.39 is 0 Å². The Hall–Kier alpha value is -3.73. The molecule has 31 heavy (non-hydrogen) atoms. The molecule has 3 aromatic carbocycles. The summed E-state index contributed by atoms with van der Waals surface area (Å²) in [4.78, 5) is 9.43. The van der Waals surface area contributed by atoms with Gasteiger partial charge in [0.05, 0.1) is 24.9 Å². The Kier molecular flexibility index (Phi) is 5.08. The van der Waals surface area contributed by atoms with Gasteiger partial charge in [-0.05, 0) is 36.2 Å². The van der Waals surface area contributed by atoms with Crippen molar-refractivity contribution >= 4 is 16.6 Å². The summed E-state index contributed by atoms with van der Waals surface area (Å²) < 4.78 is 11.1. The van der Waals surface area contributed by atoms with Crippen molar-refractivity contribution in [2.75, 3.05) is 13.7 Å². The van der Waals surface area contributed by atoms with E-state index in [2.05, 4.69) is 40.5 Å². The van der Waals surface area contributed by atoms with Gasteiger partial charge in [0, 0.05) is 17.4 Å². The molecule has 1 aliphatic rings. The first-order chi connectivity index (χ1) is 15.3. The Morgan fingerprint density at radius 2 is 1.81 bits per heavy atom. The second-order valence-electron chi connectivity index (χ2n) is 7.46. The summed E-state index contributed by atoms with van der Waals surface area (Å²) >= 11 is 0. The minimum atomic E-state index is -0.123. The number of H-pyrrole nitrogens is 1. The van der Waals surface area contributed by atoms with Gasteiger partial charge in [0.1, 0.15) is 17.2 Å². The molecule has 0 saturated carbocycles. The summed E-state index contributed by atoms with van der Waals surface area (Å²) in [5.74, 6) is 1.67. The van der Waals surface area contributed by atoms with E-state index in [9.17, 15) is 0 Å². The number of nitrogens with one attached hydrogen (secondary N) is 1. The van der Waals surface area contributed by atoms with Gasteiger partial charge < -0.3 is 19.3 Å². The van der Waals surface area contributed by atoms with Crippen LogP contribution in [0.4, 0.5) is 0 Å². The van der Waals surface area contributed by atoms with Gasteiger partial charge in [0.15, 0.2) is 6.10 Å². The van der Waals surface area contributed by atoms with E-state index in [1.165, 1.54) is 0 Å². The third-order valence-corrected chi connectivity index (χ3v) is 5.60. The van der Waals surface area contributed by atoms with Crippen LogP contribution in [0.25, 0.3) is 22.0 Å². The van der Waals surface area contributed by atoms with Gasteiger partial charge in [0.25, 0.3) is 0 Å². The van der Waals surface area contributed by atoms with Gasteiger partial charge in [-0.15, -0.1) is 0 Å².